The lowest BCUT2D eigenvalue weighted by Crippen LogP contribution is -2.29. The first-order valence-corrected chi connectivity index (χ1v) is 8.19. The van der Waals surface area contributed by atoms with Crippen molar-refractivity contribution >= 4 is 33.8 Å². The van der Waals surface area contributed by atoms with Crippen LogP contribution in [0.25, 0.3) is 0 Å². The molecule has 0 aliphatic carbocycles. The molecule has 0 saturated carbocycles. The number of carbonyl (C=O) groups is 1. The zero-order valence-electron chi connectivity index (χ0n) is 11.3. The fraction of sp³-hybridized carbons (Fsp3) is 0.462. The fourth-order valence-electron chi connectivity index (χ4n) is 2.01. The Bertz CT molecular complexity index is 587. The second kappa shape index (κ2) is 6.95. The Morgan fingerprint density at radius 3 is 2.85 bits per heavy atom. The quantitative estimate of drug-likeness (QED) is 0.856. The molecule has 0 atom stereocenters. The van der Waals surface area contributed by atoms with Crippen molar-refractivity contribution in [2.45, 2.75) is 13.3 Å². The number of sulfone groups is 1. The van der Waals surface area contributed by atoms with Crippen molar-refractivity contribution in [2.24, 2.45) is 0 Å². The van der Waals surface area contributed by atoms with Gasteiger partial charge >= 0.3 is 0 Å². The van der Waals surface area contributed by atoms with Gasteiger partial charge in [0.1, 0.15) is 0 Å². The van der Waals surface area contributed by atoms with Gasteiger partial charge in [-0.15, -0.1) is 12.4 Å². The molecule has 5 nitrogen and oxygen atoms in total. The summed E-state index contributed by atoms with van der Waals surface area (Å²) in [7, 11) is -3.03. The fourth-order valence-corrected chi connectivity index (χ4v) is 2.71. The normalized spacial score (nSPS) is 13.1. The Hall–Kier alpha value is -1.27. The van der Waals surface area contributed by atoms with Crippen LogP contribution in [0.1, 0.15) is 22.8 Å². The highest BCUT2D eigenvalue weighted by atomic mass is 35.5. The van der Waals surface area contributed by atoms with E-state index >= 15 is 0 Å². The van der Waals surface area contributed by atoms with E-state index in [9.17, 15) is 13.2 Å². The van der Waals surface area contributed by atoms with Crippen LogP contribution in [0, 0.1) is 0 Å². The molecule has 1 aliphatic rings. The largest absolute Gasteiger partial charge is 0.384 e. The minimum Gasteiger partial charge on any atom is -0.384 e. The standard InChI is InChI=1S/C13H18N2O3S.ClH/c1-2-19(17,18)8-7-15-13(16)11-3-4-12-10(9-11)5-6-14-12;/h3-4,9,14H,2,5-8H2,1H3,(H,15,16);1H. The molecule has 1 amide bonds. The van der Waals surface area contributed by atoms with E-state index < -0.39 is 9.84 Å². The van der Waals surface area contributed by atoms with Gasteiger partial charge in [0, 0.05) is 30.1 Å². The molecule has 0 fully saturated rings. The minimum atomic E-state index is -3.03. The zero-order chi connectivity index (χ0) is 13.9. The smallest absolute Gasteiger partial charge is 0.251 e. The van der Waals surface area contributed by atoms with Gasteiger partial charge in [-0.1, -0.05) is 6.92 Å². The molecule has 1 aromatic rings. The van der Waals surface area contributed by atoms with E-state index in [0.717, 1.165) is 24.2 Å². The van der Waals surface area contributed by atoms with Gasteiger partial charge in [0.15, 0.2) is 9.84 Å². The number of fused-ring (bicyclic) bond motifs is 1. The predicted octanol–water partition coefficient (Wildman–Crippen LogP) is 1.24. The highest BCUT2D eigenvalue weighted by Crippen LogP contribution is 2.22. The lowest BCUT2D eigenvalue weighted by molar-refractivity contribution is 0.0956. The second-order valence-corrected chi connectivity index (χ2v) is 7.01. The van der Waals surface area contributed by atoms with Gasteiger partial charge in [0.05, 0.1) is 5.75 Å². The Labute approximate surface area is 125 Å². The second-order valence-electron chi connectivity index (χ2n) is 4.54. The third kappa shape index (κ3) is 4.11. The molecule has 7 heteroatoms. The zero-order valence-corrected chi connectivity index (χ0v) is 12.9. The van der Waals surface area contributed by atoms with Crippen molar-refractivity contribution in [3.8, 4) is 0 Å². The van der Waals surface area contributed by atoms with Crippen molar-refractivity contribution in [3.05, 3.63) is 29.3 Å². The molecular formula is C13H19ClN2O3S. The number of halogens is 1. The van der Waals surface area contributed by atoms with Gasteiger partial charge in [-0.25, -0.2) is 8.42 Å². The van der Waals surface area contributed by atoms with E-state index in [1.165, 1.54) is 0 Å². The van der Waals surface area contributed by atoms with Gasteiger partial charge in [-0.05, 0) is 30.2 Å². The Morgan fingerprint density at radius 1 is 1.40 bits per heavy atom. The highest BCUT2D eigenvalue weighted by molar-refractivity contribution is 7.91. The first-order chi connectivity index (χ1) is 9.02. The van der Waals surface area contributed by atoms with E-state index in [1.54, 1.807) is 13.0 Å². The van der Waals surface area contributed by atoms with Gasteiger partial charge in [-0.2, -0.15) is 0 Å². The molecule has 1 heterocycles. The number of anilines is 1. The Balaban J connectivity index is 0.00000200. The number of amides is 1. The molecule has 112 valence electrons. The van der Waals surface area contributed by atoms with Crippen LogP contribution in [0.2, 0.25) is 0 Å². The molecule has 0 aromatic heterocycles. The number of benzene rings is 1. The molecule has 2 N–H and O–H groups in total. The van der Waals surface area contributed by atoms with Gasteiger partial charge in [-0.3, -0.25) is 4.79 Å². The van der Waals surface area contributed by atoms with E-state index in [-0.39, 0.29) is 36.4 Å². The summed E-state index contributed by atoms with van der Waals surface area (Å²) in [6, 6.07) is 5.50. The van der Waals surface area contributed by atoms with Crippen molar-refractivity contribution in [2.75, 3.05) is 29.9 Å². The van der Waals surface area contributed by atoms with Crippen LogP contribution < -0.4 is 10.6 Å². The lowest BCUT2D eigenvalue weighted by Gasteiger charge is -2.07. The van der Waals surface area contributed by atoms with E-state index in [4.69, 9.17) is 0 Å². The summed E-state index contributed by atoms with van der Waals surface area (Å²) in [5.41, 5.74) is 2.79. The summed E-state index contributed by atoms with van der Waals surface area (Å²) in [6.07, 6.45) is 0.917. The maximum absolute atomic E-state index is 11.9. The van der Waals surface area contributed by atoms with Crippen LogP contribution in [0.5, 0.6) is 0 Å². The van der Waals surface area contributed by atoms with Gasteiger partial charge in [0.25, 0.3) is 5.91 Å². The number of rotatable bonds is 5. The summed E-state index contributed by atoms with van der Waals surface area (Å²) in [5, 5.41) is 5.87. The third-order valence-electron chi connectivity index (χ3n) is 3.22. The monoisotopic (exact) mass is 318 g/mol. The lowest BCUT2D eigenvalue weighted by atomic mass is 10.1. The van der Waals surface area contributed by atoms with Crippen molar-refractivity contribution in [1.29, 1.82) is 0 Å². The highest BCUT2D eigenvalue weighted by Gasteiger charge is 2.14. The van der Waals surface area contributed by atoms with Crippen molar-refractivity contribution < 1.29 is 13.2 Å². The van der Waals surface area contributed by atoms with Crippen LogP contribution in [-0.2, 0) is 16.3 Å². The number of carbonyl (C=O) groups excluding carboxylic acids is 1. The van der Waals surface area contributed by atoms with Crippen LogP contribution in [0.3, 0.4) is 0 Å². The average molecular weight is 319 g/mol. The first-order valence-electron chi connectivity index (χ1n) is 6.37. The molecule has 0 bridgehead atoms. The summed E-state index contributed by atoms with van der Waals surface area (Å²) >= 11 is 0. The van der Waals surface area contributed by atoms with Crippen LogP contribution in [0.4, 0.5) is 5.69 Å². The molecule has 0 radical (unpaired) electrons. The average Bonchev–Trinajstić information content (AvgIpc) is 2.85. The van der Waals surface area contributed by atoms with Crippen molar-refractivity contribution in [1.82, 2.24) is 5.32 Å². The SMILES string of the molecule is CCS(=O)(=O)CCNC(=O)c1ccc2c(c1)CCN2.Cl. The summed E-state index contributed by atoms with van der Waals surface area (Å²) in [4.78, 5) is 11.9. The molecule has 1 aromatic carbocycles. The Morgan fingerprint density at radius 2 is 2.15 bits per heavy atom. The molecule has 0 spiro atoms. The summed E-state index contributed by atoms with van der Waals surface area (Å²) < 4.78 is 22.6. The van der Waals surface area contributed by atoms with Gasteiger partial charge < -0.3 is 10.6 Å². The first kappa shape index (κ1) is 16.8. The Kier molecular flexibility index (Phi) is 5.83. The van der Waals surface area contributed by atoms with Crippen molar-refractivity contribution in [3.63, 3.8) is 0 Å². The third-order valence-corrected chi connectivity index (χ3v) is 4.92. The minimum absolute atomic E-state index is 0. The molecule has 0 saturated heterocycles. The van der Waals surface area contributed by atoms with E-state index in [1.807, 2.05) is 12.1 Å². The number of hydrogen-bond acceptors (Lipinski definition) is 4. The van der Waals surface area contributed by atoms with Crippen LogP contribution in [0.15, 0.2) is 18.2 Å². The molecule has 1 aliphatic heterocycles. The van der Waals surface area contributed by atoms with E-state index in [2.05, 4.69) is 10.6 Å². The topological polar surface area (TPSA) is 75.3 Å². The molecular weight excluding hydrogens is 300 g/mol. The number of nitrogens with one attached hydrogen (secondary N) is 2. The molecule has 20 heavy (non-hydrogen) atoms. The van der Waals surface area contributed by atoms with Gasteiger partial charge in [0.2, 0.25) is 0 Å². The maximum Gasteiger partial charge on any atom is 0.251 e. The van der Waals surface area contributed by atoms with E-state index in [0.29, 0.717) is 5.56 Å². The molecule has 0 unspecified atom stereocenters. The predicted molar refractivity (Wildman–Crippen MR) is 82.5 cm³/mol. The summed E-state index contributed by atoms with van der Waals surface area (Å²) in [5.74, 6) is -0.129. The summed E-state index contributed by atoms with van der Waals surface area (Å²) in [6.45, 7) is 2.66. The van der Waals surface area contributed by atoms with Crippen LogP contribution in [-0.4, -0.2) is 38.9 Å². The van der Waals surface area contributed by atoms with Crippen LogP contribution >= 0.6 is 12.4 Å². The molecule has 2 rings (SSSR count). The maximum atomic E-state index is 11.9. The number of hydrogen-bond donors (Lipinski definition) is 2.